The molecule has 3 N–H and O–H groups in total. The summed E-state index contributed by atoms with van der Waals surface area (Å²) in [6.45, 7) is 7.81. The second kappa shape index (κ2) is 10.2. The molecular formula is C18H27ClFN5O5Si. The largest absolute Gasteiger partial charge is 0.361 e. The molecule has 0 bridgehead atoms. The van der Waals surface area contributed by atoms with Crippen LogP contribution >= 0.6 is 11.6 Å². The van der Waals surface area contributed by atoms with E-state index in [4.69, 9.17) is 16.1 Å². The van der Waals surface area contributed by atoms with E-state index in [-0.39, 0.29) is 18.1 Å². The van der Waals surface area contributed by atoms with Gasteiger partial charge >= 0.3 is 0 Å². The second-order valence-electron chi connectivity index (χ2n) is 8.62. The third-order valence-electron chi connectivity index (χ3n) is 4.56. The molecule has 172 valence electrons. The Kier molecular flexibility index (Phi) is 8.18. The first-order chi connectivity index (χ1) is 14.4. The highest BCUT2D eigenvalue weighted by Gasteiger charge is 2.35. The van der Waals surface area contributed by atoms with Gasteiger partial charge in [0.05, 0.1) is 12.5 Å². The van der Waals surface area contributed by atoms with E-state index in [1.165, 1.54) is 6.07 Å². The number of hydrogen-bond donors (Lipinski definition) is 3. The summed E-state index contributed by atoms with van der Waals surface area (Å²) in [4.78, 5) is 49.5. The van der Waals surface area contributed by atoms with Crippen LogP contribution in [0, 0.1) is 12.8 Å². The van der Waals surface area contributed by atoms with E-state index in [2.05, 4.69) is 21.2 Å². The Balaban J connectivity index is 2.17. The zero-order chi connectivity index (χ0) is 23.3. The van der Waals surface area contributed by atoms with Crippen LogP contribution in [-0.2, 0) is 14.4 Å². The molecule has 1 aromatic rings. The van der Waals surface area contributed by atoms with Crippen LogP contribution in [0.2, 0.25) is 25.7 Å². The fourth-order valence-electron chi connectivity index (χ4n) is 3.09. The summed E-state index contributed by atoms with van der Waals surface area (Å²) >= 11 is 5.29. The van der Waals surface area contributed by atoms with E-state index < -0.39 is 43.4 Å². The minimum atomic E-state index is -2.40. The Bertz CT molecular complexity index is 844. The van der Waals surface area contributed by atoms with Crippen LogP contribution in [-0.4, -0.2) is 66.6 Å². The monoisotopic (exact) mass is 475 g/mol. The molecule has 0 radical (unpaired) electrons. The number of nitrogens with zero attached hydrogens (tertiary/aromatic N) is 2. The Morgan fingerprint density at radius 1 is 1.42 bits per heavy atom. The van der Waals surface area contributed by atoms with Crippen molar-refractivity contribution in [2.45, 2.75) is 50.7 Å². The van der Waals surface area contributed by atoms with Crippen molar-refractivity contribution in [3.8, 4) is 0 Å². The topological polar surface area (TPSA) is 134 Å². The van der Waals surface area contributed by atoms with Gasteiger partial charge in [-0.25, -0.2) is 9.40 Å². The van der Waals surface area contributed by atoms with Crippen molar-refractivity contribution in [2.75, 3.05) is 13.1 Å². The first-order valence-electron chi connectivity index (χ1n) is 9.79. The minimum absolute atomic E-state index is 0.00557. The molecule has 2 unspecified atom stereocenters. The molecule has 10 nitrogen and oxygen atoms in total. The van der Waals surface area contributed by atoms with Crippen molar-refractivity contribution in [3.63, 3.8) is 0 Å². The highest BCUT2D eigenvalue weighted by Crippen LogP contribution is 2.15. The molecule has 0 saturated carbocycles. The van der Waals surface area contributed by atoms with Crippen LogP contribution in [0.1, 0.15) is 22.7 Å². The first kappa shape index (κ1) is 24.8. The lowest BCUT2D eigenvalue weighted by molar-refractivity contribution is -0.145. The molecule has 0 aliphatic carbocycles. The molecule has 2 heterocycles. The van der Waals surface area contributed by atoms with Crippen LogP contribution in [0.5, 0.6) is 0 Å². The number of hydrazine groups is 1. The number of rotatable bonds is 8. The van der Waals surface area contributed by atoms with Crippen LogP contribution in [0.4, 0.5) is 4.39 Å². The SMILES string of the molecule is Cc1cc(C(=O)N[C@@H](C[Si](C)(C)C)C(=O)NN(CC2CCNC2=O)C(=O)C(F)Cl)no1. The number of carbonyl (C=O) groups is 4. The zero-order valence-corrected chi connectivity index (χ0v) is 19.6. The molecule has 0 aromatic carbocycles. The van der Waals surface area contributed by atoms with Crippen molar-refractivity contribution < 1.29 is 28.1 Å². The van der Waals surface area contributed by atoms with E-state index in [1.807, 2.05) is 19.6 Å². The maximum atomic E-state index is 13.5. The third-order valence-corrected chi connectivity index (χ3v) is 6.38. The number of alkyl halides is 2. The van der Waals surface area contributed by atoms with Crippen LogP contribution < -0.4 is 16.1 Å². The Morgan fingerprint density at radius 3 is 2.58 bits per heavy atom. The van der Waals surface area contributed by atoms with Gasteiger partial charge in [0.2, 0.25) is 5.91 Å². The summed E-state index contributed by atoms with van der Waals surface area (Å²) in [5.41, 5.74) is -0.0555. The van der Waals surface area contributed by atoms with Gasteiger partial charge < -0.3 is 15.2 Å². The summed E-state index contributed by atoms with van der Waals surface area (Å²) in [5.74, 6) is -3.02. The summed E-state index contributed by atoms with van der Waals surface area (Å²) in [7, 11) is -1.88. The zero-order valence-electron chi connectivity index (χ0n) is 17.8. The number of nitrogens with one attached hydrogen (secondary N) is 3. The molecule has 1 aliphatic rings. The summed E-state index contributed by atoms with van der Waals surface area (Å²) in [6, 6.07) is 0.749. The molecule has 1 aromatic heterocycles. The van der Waals surface area contributed by atoms with E-state index in [1.54, 1.807) is 6.92 Å². The molecule has 31 heavy (non-hydrogen) atoms. The lowest BCUT2D eigenvalue weighted by Crippen LogP contribution is -2.57. The molecule has 2 rings (SSSR count). The Morgan fingerprint density at radius 2 is 2.10 bits per heavy atom. The number of halogens is 2. The molecule has 1 fully saturated rings. The fraction of sp³-hybridized carbons (Fsp3) is 0.611. The summed E-state index contributed by atoms with van der Waals surface area (Å²) in [6.07, 6.45) is 0.429. The molecule has 1 saturated heterocycles. The summed E-state index contributed by atoms with van der Waals surface area (Å²) < 4.78 is 18.4. The quantitative estimate of drug-likeness (QED) is 0.291. The molecule has 13 heteroatoms. The van der Waals surface area contributed by atoms with Gasteiger partial charge in [0.15, 0.2) is 5.69 Å². The van der Waals surface area contributed by atoms with E-state index in [0.717, 1.165) is 0 Å². The number of aryl methyl sites for hydroxylation is 1. The molecule has 0 spiro atoms. The smallest absolute Gasteiger partial charge is 0.291 e. The predicted molar refractivity (Wildman–Crippen MR) is 112 cm³/mol. The van der Waals surface area contributed by atoms with Crippen LogP contribution in [0.15, 0.2) is 10.6 Å². The van der Waals surface area contributed by atoms with Gasteiger partial charge in [0.1, 0.15) is 11.8 Å². The number of amides is 4. The maximum absolute atomic E-state index is 13.5. The van der Waals surface area contributed by atoms with Gasteiger partial charge in [-0.1, -0.05) is 36.4 Å². The van der Waals surface area contributed by atoms with Gasteiger partial charge in [0.25, 0.3) is 23.4 Å². The predicted octanol–water partition coefficient (Wildman–Crippen LogP) is 0.950. The standard InChI is InChI=1S/C18H27ClFN5O5Si/c1-10-7-12(24-30-10)16(27)22-13(9-31(2,3)4)17(28)23-25(18(29)14(19)20)8-11-5-6-21-15(11)26/h7,11,13-14H,5-6,8-9H2,1-4H3,(H,21,26)(H,22,27)(H,23,28)/t11?,13-,14?/m0/s1. The average molecular weight is 476 g/mol. The third kappa shape index (κ3) is 7.31. The van der Waals surface area contributed by atoms with E-state index in [0.29, 0.717) is 29.8 Å². The van der Waals surface area contributed by atoms with Crippen LogP contribution in [0.25, 0.3) is 0 Å². The number of hydrogen-bond acceptors (Lipinski definition) is 6. The van der Waals surface area contributed by atoms with Gasteiger partial charge in [0, 0.05) is 20.7 Å². The lowest BCUT2D eigenvalue weighted by atomic mass is 10.1. The van der Waals surface area contributed by atoms with E-state index in [9.17, 15) is 23.6 Å². The molecular weight excluding hydrogens is 449 g/mol. The summed E-state index contributed by atoms with van der Waals surface area (Å²) in [5, 5.41) is 9.55. The Labute approximate surface area is 185 Å². The van der Waals surface area contributed by atoms with Crippen molar-refractivity contribution in [1.82, 2.24) is 26.2 Å². The maximum Gasteiger partial charge on any atom is 0.291 e. The average Bonchev–Trinajstić information content (AvgIpc) is 3.27. The molecule has 4 amide bonds. The normalized spacial score (nSPS) is 18.1. The van der Waals surface area contributed by atoms with Crippen molar-refractivity contribution in [3.05, 3.63) is 17.5 Å². The minimum Gasteiger partial charge on any atom is -0.361 e. The van der Waals surface area contributed by atoms with Crippen molar-refractivity contribution >= 4 is 43.3 Å². The van der Waals surface area contributed by atoms with Crippen molar-refractivity contribution in [2.24, 2.45) is 5.92 Å². The fourth-order valence-corrected chi connectivity index (χ4v) is 4.72. The Hall–Kier alpha value is -2.47. The van der Waals surface area contributed by atoms with Gasteiger partial charge in [-0.15, -0.1) is 0 Å². The van der Waals surface area contributed by atoms with Crippen molar-refractivity contribution in [1.29, 1.82) is 0 Å². The first-order valence-corrected chi connectivity index (χ1v) is 13.9. The van der Waals surface area contributed by atoms with Gasteiger partial charge in [-0.05, 0) is 19.4 Å². The van der Waals surface area contributed by atoms with Gasteiger partial charge in [-0.3, -0.25) is 24.6 Å². The molecule has 3 atom stereocenters. The highest BCUT2D eigenvalue weighted by atomic mass is 35.5. The van der Waals surface area contributed by atoms with Crippen LogP contribution in [0.3, 0.4) is 0 Å². The lowest BCUT2D eigenvalue weighted by Gasteiger charge is -2.29. The number of aromatic nitrogens is 1. The van der Waals surface area contributed by atoms with E-state index >= 15 is 0 Å². The molecule has 1 aliphatic heterocycles. The highest BCUT2D eigenvalue weighted by molar-refractivity contribution is 6.76. The number of carbonyl (C=O) groups excluding carboxylic acids is 4. The second-order valence-corrected chi connectivity index (χ2v) is 14.5. The van der Waals surface area contributed by atoms with Gasteiger partial charge in [-0.2, -0.15) is 0 Å².